The van der Waals surface area contributed by atoms with E-state index in [0.717, 1.165) is 24.8 Å². The molecule has 4 fully saturated rings. The van der Waals surface area contributed by atoms with E-state index in [0.29, 0.717) is 45.1 Å². The normalized spacial score (nSPS) is 46.5. The van der Waals surface area contributed by atoms with Gasteiger partial charge in [-0.3, -0.25) is 9.59 Å². The maximum absolute atomic E-state index is 12.4. The lowest BCUT2D eigenvalue weighted by Crippen LogP contribution is -2.69. The summed E-state index contributed by atoms with van der Waals surface area (Å²) in [5, 5.41) is 24.5. The van der Waals surface area contributed by atoms with Crippen LogP contribution in [0.15, 0.2) is 11.6 Å². The number of hydrogen-bond acceptors (Lipinski definition) is 8. The van der Waals surface area contributed by atoms with Gasteiger partial charge in [0, 0.05) is 37.2 Å². The molecule has 4 saturated carbocycles. The van der Waals surface area contributed by atoms with Gasteiger partial charge in [-0.2, -0.15) is 0 Å². The fraction of sp³-hybridized carbons (Fsp3) is 0.815. The lowest BCUT2D eigenvalue weighted by Gasteiger charge is -2.66. The summed E-state index contributed by atoms with van der Waals surface area (Å²) in [7, 11) is 0. The van der Waals surface area contributed by atoms with Crippen LogP contribution in [0.1, 0.15) is 78.6 Å². The highest BCUT2D eigenvalue weighted by atomic mass is 16.5. The summed E-state index contributed by atoms with van der Waals surface area (Å²) in [6, 6.07) is 0. The van der Waals surface area contributed by atoms with Crippen LogP contribution in [-0.2, 0) is 28.6 Å². The lowest BCUT2D eigenvalue weighted by molar-refractivity contribution is -0.271. The Labute approximate surface area is 206 Å². The molecule has 0 saturated heterocycles. The second kappa shape index (κ2) is 8.30. The van der Waals surface area contributed by atoms with Gasteiger partial charge in [-0.1, -0.05) is 6.92 Å². The Kier molecular flexibility index (Phi) is 5.87. The Balaban J connectivity index is 1.48. The van der Waals surface area contributed by atoms with E-state index in [-0.39, 0.29) is 53.8 Å². The van der Waals surface area contributed by atoms with Crippen LogP contribution >= 0.6 is 0 Å². The van der Waals surface area contributed by atoms with Crippen LogP contribution in [0.5, 0.6) is 0 Å². The number of fused-ring (bicyclic) bond motifs is 5. The highest BCUT2D eigenvalue weighted by Gasteiger charge is 2.71. The second-order valence-corrected chi connectivity index (χ2v) is 12.0. The molecule has 35 heavy (non-hydrogen) atoms. The summed E-state index contributed by atoms with van der Waals surface area (Å²) in [6.45, 7) is 5.33. The summed E-state index contributed by atoms with van der Waals surface area (Å²) in [5.41, 5.74) is -2.18. The van der Waals surface area contributed by atoms with Crippen LogP contribution in [0.3, 0.4) is 0 Å². The summed E-state index contributed by atoms with van der Waals surface area (Å²) < 4.78 is 16.3. The standard InChI is InChI=1S/C27H38O8/c1-16(28)34-15-25-9-4-19(35-17(2)29)13-26(25,31)10-6-22-21(25)5-8-24(3)20(7-11-27(22,24)32)18-12-23(30)33-14-18/h12,19-22,31-32H,4-11,13-15H2,1-3H3/t19-,20+,21-,22+,24+,25-,26+,27+/m0/s1. The molecule has 0 aromatic heterocycles. The zero-order valence-electron chi connectivity index (χ0n) is 21.0. The number of aliphatic hydroxyl groups is 2. The van der Waals surface area contributed by atoms with Crippen LogP contribution in [-0.4, -0.2) is 58.6 Å². The number of cyclic esters (lactones) is 1. The number of esters is 3. The van der Waals surface area contributed by atoms with E-state index in [9.17, 15) is 24.6 Å². The highest BCUT2D eigenvalue weighted by Crippen LogP contribution is 2.70. The van der Waals surface area contributed by atoms with E-state index in [4.69, 9.17) is 14.2 Å². The number of ether oxygens (including phenoxy) is 3. The molecule has 2 N–H and O–H groups in total. The number of hydrogen-bond donors (Lipinski definition) is 2. The largest absolute Gasteiger partial charge is 0.465 e. The molecule has 8 heteroatoms. The summed E-state index contributed by atoms with van der Waals surface area (Å²) in [5.74, 6) is -1.03. The third-order valence-corrected chi connectivity index (χ3v) is 10.6. The number of rotatable bonds is 4. The molecule has 0 aromatic rings. The predicted molar refractivity (Wildman–Crippen MR) is 124 cm³/mol. The molecule has 0 spiro atoms. The molecule has 194 valence electrons. The molecule has 0 aromatic carbocycles. The lowest BCUT2D eigenvalue weighted by atomic mass is 9.41. The second-order valence-electron chi connectivity index (χ2n) is 12.0. The first kappa shape index (κ1) is 24.8. The van der Waals surface area contributed by atoms with Crippen LogP contribution in [0.2, 0.25) is 0 Å². The van der Waals surface area contributed by atoms with Gasteiger partial charge in [0.2, 0.25) is 0 Å². The molecule has 0 unspecified atom stereocenters. The molecule has 1 heterocycles. The SMILES string of the molecule is CC(=O)OC[C@]12CC[C@H](OC(C)=O)C[C@]1(O)CC[C@@H]1[C@@H]2CC[C@]2(C)[C@@H](C3=CC(=O)OC3)CC[C@@]12O. The molecule has 0 bridgehead atoms. The number of carbonyl (C=O) groups is 3. The van der Waals surface area contributed by atoms with E-state index in [1.54, 1.807) is 6.08 Å². The first-order valence-electron chi connectivity index (χ1n) is 13.1. The zero-order valence-corrected chi connectivity index (χ0v) is 21.0. The van der Waals surface area contributed by atoms with E-state index < -0.39 is 16.6 Å². The van der Waals surface area contributed by atoms with Crippen molar-refractivity contribution in [3.05, 3.63) is 11.6 Å². The maximum Gasteiger partial charge on any atom is 0.331 e. The van der Waals surface area contributed by atoms with Gasteiger partial charge in [-0.05, 0) is 74.7 Å². The summed E-state index contributed by atoms with van der Waals surface area (Å²) >= 11 is 0. The fourth-order valence-corrected chi connectivity index (χ4v) is 9.03. The zero-order chi connectivity index (χ0) is 25.2. The predicted octanol–water partition coefficient (Wildman–Crippen LogP) is 2.83. The Morgan fingerprint density at radius 3 is 2.43 bits per heavy atom. The van der Waals surface area contributed by atoms with Gasteiger partial charge in [-0.25, -0.2) is 4.79 Å². The van der Waals surface area contributed by atoms with Gasteiger partial charge in [0.15, 0.2) is 0 Å². The third kappa shape index (κ3) is 3.57. The quantitative estimate of drug-likeness (QED) is 0.456. The molecular weight excluding hydrogens is 452 g/mol. The Hall–Kier alpha value is -1.93. The first-order valence-corrected chi connectivity index (χ1v) is 13.1. The minimum Gasteiger partial charge on any atom is -0.465 e. The smallest absolute Gasteiger partial charge is 0.331 e. The van der Waals surface area contributed by atoms with Crippen molar-refractivity contribution in [1.82, 2.24) is 0 Å². The first-order chi connectivity index (χ1) is 16.4. The Morgan fingerprint density at radius 2 is 1.77 bits per heavy atom. The van der Waals surface area contributed by atoms with Gasteiger partial charge in [0.05, 0.1) is 17.8 Å². The van der Waals surface area contributed by atoms with Crippen LogP contribution in [0.4, 0.5) is 0 Å². The molecule has 0 amide bonds. The van der Waals surface area contributed by atoms with E-state index in [1.165, 1.54) is 13.8 Å². The van der Waals surface area contributed by atoms with Crippen LogP contribution in [0.25, 0.3) is 0 Å². The number of carbonyl (C=O) groups excluding carboxylic acids is 3. The average molecular weight is 491 g/mol. The molecule has 5 rings (SSSR count). The average Bonchev–Trinajstić information content (AvgIpc) is 3.31. The highest BCUT2D eigenvalue weighted by molar-refractivity contribution is 5.85. The van der Waals surface area contributed by atoms with Crippen LogP contribution in [0, 0.1) is 28.6 Å². The van der Waals surface area contributed by atoms with Crippen LogP contribution < -0.4 is 0 Å². The summed E-state index contributed by atoms with van der Waals surface area (Å²) in [6.07, 6.45) is 6.83. The Bertz CT molecular complexity index is 959. The van der Waals surface area contributed by atoms with E-state index >= 15 is 0 Å². The molecule has 8 atom stereocenters. The Morgan fingerprint density at radius 1 is 1.03 bits per heavy atom. The topological polar surface area (TPSA) is 119 Å². The molecule has 5 aliphatic rings. The van der Waals surface area contributed by atoms with E-state index in [2.05, 4.69) is 6.92 Å². The van der Waals surface area contributed by atoms with Gasteiger partial charge in [0.25, 0.3) is 0 Å². The van der Waals surface area contributed by atoms with Crippen molar-refractivity contribution >= 4 is 17.9 Å². The van der Waals surface area contributed by atoms with Gasteiger partial charge >= 0.3 is 17.9 Å². The minimum atomic E-state index is -1.14. The molecule has 0 radical (unpaired) electrons. The molecular formula is C27H38O8. The van der Waals surface area contributed by atoms with Crippen molar-refractivity contribution in [1.29, 1.82) is 0 Å². The molecule has 4 aliphatic carbocycles. The van der Waals surface area contributed by atoms with Crippen molar-refractivity contribution < 1.29 is 38.8 Å². The van der Waals surface area contributed by atoms with E-state index in [1.807, 2.05) is 0 Å². The van der Waals surface area contributed by atoms with Crippen molar-refractivity contribution in [2.75, 3.05) is 13.2 Å². The monoisotopic (exact) mass is 490 g/mol. The van der Waals surface area contributed by atoms with Crippen molar-refractivity contribution in [3.8, 4) is 0 Å². The van der Waals surface area contributed by atoms with Crippen molar-refractivity contribution in [2.45, 2.75) is 95.9 Å². The maximum atomic E-state index is 12.4. The fourth-order valence-electron chi connectivity index (χ4n) is 9.03. The van der Waals surface area contributed by atoms with Crippen molar-refractivity contribution in [2.24, 2.45) is 28.6 Å². The van der Waals surface area contributed by atoms with Gasteiger partial charge in [-0.15, -0.1) is 0 Å². The van der Waals surface area contributed by atoms with Crippen molar-refractivity contribution in [3.63, 3.8) is 0 Å². The van der Waals surface area contributed by atoms with Gasteiger partial charge in [0.1, 0.15) is 12.7 Å². The third-order valence-electron chi connectivity index (χ3n) is 10.6. The van der Waals surface area contributed by atoms with Gasteiger partial charge < -0.3 is 24.4 Å². The molecule has 1 aliphatic heterocycles. The summed E-state index contributed by atoms with van der Waals surface area (Å²) in [4.78, 5) is 35.3. The minimum absolute atomic E-state index is 0.0221. The molecule has 8 nitrogen and oxygen atoms in total.